The summed E-state index contributed by atoms with van der Waals surface area (Å²) < 4.78 is 27.4. The number of methoxy groups -OCH3 is 1. The molecule has 1 atom stereocenters. The zero-order chi connectivity index (χ0) is 15.5. The Balaban J connectivity index is 2.10. The molecule has 6 nitrogen and oxygen atoms in total. The molecule has 21 heavy (non-hydrogen) atoms. The molecule has 1 unspecified atom stereocenters. The van der Waals surface area contributed by atoms with E-state index >= 15 is 0 Å². The van der Waals surface area contributed by atoms with E-state index < -0.39 is 10.0 Å². The van der Waals surface area contributed by atoms with Crippen LogP contribution in [-0.2, 0) is 10.0 Å². The van der Waals surface area contributed by atoms with Gasteiger partial charge < -0.3 is 10.1 Å². The van der Waals surface area contributed by atoms with Crippen molar-refractivity contribution in [3.8, 4) is 5.88 Å². The molecular weight excluding hydrogens is 290 g/mol. The standard InChI is InChI=1S/C14H17N3O3S/c1-10(17-12-5-8-14(20-2)16-9-12)11-3-6-13(7-4-11)21(15,18)19/h3-10,17H,1-2H3,(H2,15,18,19). The molecule has 7 heteroatoms. The van der Waals surface area contributed by atoms with Crippen LogP contribution in [0.3, 0.4) is 0 Å². The molecule has 0 spiro atoms. The number of nitrogens with one attached hydrogen (secondary N) is 1. The minimum atomic E-state index is -3.66. The van der Waals surface area contributed by atoms with Gasteiger partial charge in [-0.25, -0.2) is 18.5 Å². The highest BCUT2D eigenvalue weighted by Gasteiger charge is 2.10. The minimum absolute atomic E-state index is 0.00489. The summed E-state index contributed by atoms with van der Waals surface area (Å²) in [4.78, 5) is 4.21. The normalized spacial score (nSPS) is 12.7. The van der Waals surface area contributed by atoms with Crippen LogP contribution in [0.15, 0.2) is 47.5 Å². The van der Waals surface area contributed by atoms with Gasteiger partial charge in [0.2, 0.25) is 15.9 Å². The fraction of sp³-hybridized carbons (Fsp3) is 0.214. The molecule has 0 fully saturated rings. The summed E-state index contributed by atoms with van der Waals surface area (Å²) >= 11 is 0. The third-order valence-corrected chi connectivity index (χ3v) is 3.97. The number of rotatable bonds is 5. The number of primary sulfonamides is 1. The number of anilines is 1. The molecule has 1 aromatic heterocycles. The van der Waals surface area contributed by atoms with Gasteiger partial charge in [-0.3, -0.25) is 0 Å². The van der Waals surface area contributed by atoms with Crippen LogP contribution in [0.4, 0.5) is 5.69 Å². The predicted octanol–water partition coefficient (Wildman–Crippen LogP) is 1.91. The summed E-state index contributed by atoms with van der Waals surface area (Å²) in [7, 11) is -2.10. The molecule has 2 aromatic rings. The lowest BCUT2D eigenvalue weighted by atomic mass is 10.1. The van der Waals surface area contributed by atoms with Gasteiger partial charge in [-0.15, -0.1) is 0 Å². The second-order valence-electron chi connectivity index (χ2n) is 4.57. The molecule has 112 valence electrons. The second-order valence-corrected chi connectivity index (χ2v) is 6.13. The van der Waals surface area contributed by atoms with Crippen LogP contribution < -0.4 is 15.2 Å². The third kappa shape index (κ3) is 3.93. The summed E-state index contributed by atoms with van der Waals surface area (Å²) in [5.41, 5.74) is 1.79. The minimum Gasteiger partial charge on any atom is -0.481 e. The Labute approximate surface area is 124 Å². The van der Waals surface area contributed by atoms with Crippen LogP contribution in [0.2, 0.25) is 0 Å². The smallest absolute Gasteiger partial charge is 0.238 e. The van der Waals surface area contributed by atoms with Crippen molar-refractivity contribution < 1.29 is 13.2 Å². The summed E-state index contributed by atoms with van der Waals surface area (Å²) in [5.74, 6) is 0.547. The van der Waals surface area contributed by atoms with Crippen LogP contribution in [-0.4, -0.2) is 20.5 Å². The number of hydrogen-bond acceptors (Lipinski definition) is 5. The van der Waals surface area contributed by atoms with E-state index in [1.54, 1.807) is 31.5 Å². The maximum absolute atomic E-state index is 11.2. The number of nitrogens with two attached hydrogens (primary N) is 1. The number of hydrogen-bond donors (Lipinski definition) is 2. The largest absolute Gasteiger partial charge is 0.481 e. The SMILES string of the molecule is COc1ccc(NC(C)c2ccc(S(N)(=O)=O)cc2)cn1. The number of aromatic nitrogens is 1. The summed E-state index contributed by atoms with van der Waals surface area (Å²) in [6.45, 7) is 1.97. The Kier molecular flexibility index (Phi) is 4.44. The maximum Gasteiger partial charge on any atom is 0.238 e. The fourth-order valence-electron chi connectivity index (χ4n) is 1.87. The van der Waals surface area contributed by atoms with Crippen molar-refractivity contribution in [2.75, 3.05) is 12.4 Å². The molecule has 0 saturated carbocycles. The highest BCUT2D eigenvalue weighted by molar-refractivity contribution is 7.89. The van der Waals surface area contributed by atoms with Crippen molar-refractivity contribution in [2.24, 2.45) is 5.14 Å². The Morgan fingerprint density at radius 1 is 1.19 bits per heavy atom. The van der Waals surface area contributed by atoms with Crippen LogP contribution in [0, 0.1) is 0 Å². The zero-order valence-electron chi connectivity index (χ0n) is 11.8. The van der Waals surface area contributed by atoms with Gasteiger partial charge in [-0.2, -0.15) is 0 Å². The molecule has 0 aliphatic rings. The molecular formula is C14H17N3O3S. The van der Waals surface area contributed by atoms with Gasteiger partial charge in [-0.1, -0.05) is 12.1 Å². The van der Waals surface area contributed by atoms with Crippen LogP contribution in [0.5, 0.6) is 5.88 Å². The van der Waals surface area contributed by atoms with E-state index in [0.29, 0.717) is 5.88 Å². The molecule has 2 rings (SSSR count). The van der Waals surface area contributed by atoms with Gasteiger partial charge in [0.15, 0.2) is 0 Å². The zero-order valence-corrected chi connectivity index (χ0v) is 12.6. The Morgan fingerprint density at radius 2 is 1.86 bits per heavy atom. The van der Waals surface area contributed by atoms with E-state index in [2.05, 4.69) is 10.3 Å². The van der Waals surface area contributed by atoms with Crippen molar-refractivity contribution in [3.63, 3.8) is 0 Å². The summed E-state index contributed by atoms with van der Waals surface area (Å²) in [6, 6.07) is 10.1. The molecule has 0 saturated heterocycles. The van der Waals surface area contributed by atoms with Crippen molar-refractivity contribution in [3.05, 3.63) is 48.2 Å². The monoisotopic (exact) mass is 307 g/mol. The molecule has 0 amide bonds. The molecule has 0 aliphatic carbocycles. The van der Waals surface area contributed by atoms with Gasteiger partial charge in [0.1, 0.15) is 0 Å². The van der Waals surface area contributed by atoms with Crippen molar-refractivity contribution >= 4 is 15.7 Å². The molecule has 1 heterocycles. The Morgan fingerprint density at radius 3 is 2.33 bits per heavy atom. The lowest BCUT2D eigenvalue weighted by molar-refractivity contribution is 0.398. The Bertz CT molecular complexity index is 697. The van der Waals surface area contributed by atoms with Gasteiger partial charge in [0.05, 0.1) is 23.9 Å². The highest BCUT2D eigenvalue weighted by atomic mass is 32.2. The fourth-order valence-corrected chi connectivity index (χ4v) is 2.38. The lowest BCUT2D eigenvalue weighted by Crippen LogP contribution is -2.12. The van der Waals surface area contributed by atoms with Crippen LogP contribution in [0.1, 0.15) is 18.5 Å². The number of nitrogens with zero attached hydrogens (tertiary/aromatic N) is 1. The first kappa shape index (κ1) is 15.3. The van der Waals surface area contributed by atoms with E-state index in [9.17, 15) is 8.42 Å². The van der Waals surface area contributed by atoms with Crippen molar-refractivity contribution in [1.29, 1.82) is 0 Å². The highest BCUT2D eigenvalue weighted by Crippen LogP contribution is 2.21. The van der Waals surface area contributed by atoms with Gasteiger partial charge in [0.25, 0.3) is 0 Å². The molecule has 1 aromatic carbocycles. The van der Waals surface area contributed by atoms with Crippen LogP contribution >= 0.6 is 0 Å². The first-order chi connectivity index (χ1) is 9.90. The molecule has 3 N–H and O–H groups in total. The first-order valence-electron chi connectivity index (χ1n) is 6.29. The van der Waals surface area contributed by atoms with E-state index in [1.165, 1.54) is 12.1 Å². The van der Waals surface area contributed by atoms with Crippen LogP contribution in [0.25, 0.3) is 0 Å². The molecule has 0 aliphatic heterocycles. The van der Waals surface area contributed by atoms with E-state index in [4.69, 9.17) is 9.88 Å². The number of sulfonamides is 1. The summed E-state index contributed by atoms with van der Waals surface area (Å²) in [5, 5.41) is 8.34. The van der Waals surface area contributed by atoms with E-state index in [0.717, 1.165) is 11.3 Å². The van der Waals surface area contributed by atoms with Gasteiger partial charge in [0, 0.05) is 12.1 Å². The van der Waals surface area contributed by atoms with E-state index in [-0.39, 0.29) is 10.9 Å². The van der Waals surface area contributed by atoms with Gasteiger partial charge in [-0.05, 0) is 30.7 Å². The Hall–Kier alpha value is -2.12. The van der Waals surface area contributed by atoms with Crippen molar-refractivity contribution in [1.82, 2.24) is 4.98 Å². The predicted molar refractivity (Wildman–Crippen MR) is 80.6 cm³/mol. The van der Waals surface area contributed by atoms with Crippen molar-refractivity contribution in [2.45, 2.75) is 17.9 Å². The quantitative estimate of drug-likeness (QED) is 0.880. The first-order valence-corrected chi connectivity index (χ1v) is 7.84. The second kappa shape index (κ2) is 6.11. The molecule has 0 radical (unpaired) electrons. The number of benzene rings is 1. The topological polar surface area (TPSA) is 94.3 Å². The third-order valence-electron chi connectivity index (χ3n) is 3.04. The summed E-state index contributed by atoms with van der Waals surface area (Å²) in [6.07, 6.45) is 1.67. The van der Waals surface area contributed by atoms with Gasteiger partial charge >= 0.3 is 0 Å². The average molecular weight is 307 g/mol. The maximum atomic E-state index is 11.2. The lowest BCUT2D eigenvalue weighted by Gasteiger charge is -2.16. The average Bonchev–Trinajstić information content (AvgIpc) is 2.47. The van der Waals surface area contributed by atoms with E-state index in [1.807, 2.05) is 13.0 Å². The number of ether oxygens (including phenoxy) is 1. The number of pyridine rings is 1. The molecule has 0 bridgehead atoms.